The van der Waals surface area contributed by atoms with E-state index >= 15 is 0 Å². The standard InChI is InChI=1S/C16H28N2O/c1-11(2)15(8-17)10-18-9-14-7-12(3)6-13(4)16(14)19-5/h6-7,11,15,18H,8-10,17H2,1-5H3. The van der Waals surface area contributed by atoms with Crippen LogP contribution < -0.4 is 15.8 Å². The molecule has 3 N–H and O–H groups in total. The number of hydrogen-bond acceptors (Lipinski definition) is 3. The van der Waals surface area contributed by atoms with Gasteiger partial charge in [-0.3, -0.25) is 0 Å². The summed E-state index contributed by atoms with van der Waals surface area (Å²) in [6, 6.07) is 4.34. The van der Waals surface area contributed by atoms with Crippen LogP contribution in [0.15, 0.2) is 12.1 Å². The molecule has 19 heavy (non-hydrogen) atoms. The fraction of sp³-hybridized carbons (Fsp3) is 0.625. The number of aryl methyl sites for hydroxylation is 2. The van der Waals surface area contributed by atoms with Crippen molar-refractivity contribution in [1.82, 2.24) is 5.32 Å². The number of rotatable bonds is 7. The Bertz CT molecular complexity index is 402. The van der Waals surface area contributed by atoms with Crippen LogP contribution in [0.25, 0.3) is 0 Å². The van der Waals surface area contributed by atoms with Crippen molar-refractivity contribution in [2.24, 2.45) is 17.6 Å². The van der Waals surface area contributed by atoms with Crippen molar-refractivity contribution in [2.45, 2.75) is 34.2 Å². The van der Waals surface area contributed by atoms with E-state index in [0.29, 0.717) is 11.8 Å². The Morgan fingerprint density at radius 2 is 1.95 bits per heavy atom. The second kappa shape index (κ2) is 7.51. The van der Waals surface area contributed by atoms with Gasteiger partial charge in [0.05, 0.1) is 7.11 Å². The van der Waals surface area contributed by atoms with E-state index in [-0.39, 0.29) is 0 Å². The van der Waals surface area contributed by atoms with Gasteiger partial charge in [0.1, 0.15) is 5.75 Å². The Hall–Kier alpha value is -1.06. The van der Waals surface area contributed by atoms with Crippen molar-refractivity contribution < 1.29 is 4.74 Å². The first-order valence-electron chi connectivity index (χ1n) is 7.04. The van der Waals surface area contributed by atoms with Crippen LogP contribution in [-0.4, -0.2) is 20.2 Å². The van der Waals surface area contributed by atoms with Crippen molar-refractivity contribution >= 4 is 0 Å². The van der Waals surface area contributed by atoms with Gasteiger partial charge in [-0.15, -0.1) is 0 Å². The SMILES string of the molecule is COc1c(C)cc(C)cc1CNCC(CN)C(C)C. The molecule has 1 rings (SSSR count). The van der Waals surface area contributed by atoms with E-state index in [4.69, 9.17) is 10.5 Å². The van der Waals surface area contributed by atoms with Crippen LogP contribution in [-0.2, 0) is 6.54 Å². The first kappa shape index (κ1) is 16.0. The van der Waals surface area contributed by atoms with E-state index in [0.717, 1.165) is 25.4 Å². The predicted molar refractivity (Wildman–Crippen MR) is 81.6 cm³/mol. The lowest BCUT2D eigenvalue weighted by Crippen LogP contribution is -2.31. The fourth-order valence-corrected chi connectivity index (χ4v) is 2.45. The second-order valence-corrected chi connectivity index (χ2v) is 5.64. The summed E-state index contributed by atoms with van der Waals surface area (Å²) in [6.45, 7) is 11.2. The quantitative estimate of drug-likeness (QED) is 0.796. The lowest BCUT2D eigenvalue weighted by atomic mass is 9.96. The van der Waals surface area contributed by atoms with Gasteiger partial charge in [0, 0.05) is 12.1 Å². The minimum atomic E-state index is 0.525. The smallest absolute Gasteiger partial charge is 0.126 e. The van der Waals surface area contributed by atoms with Crippen molar-refractivity contribution in [3.63, 3.8) is 0 Å². The first-order valence-corrected chi connectivity index (χ1v) is 7.04. The molecule has 3 nitrogen and oxygen atoms in total. The summed E-state index contributed by atoms with van der Waals surface area (Å²) in [4.78, 5) is 0. The van der Waals surface area contributed by atoms with Crippen LogP contribution in [0.3, 0.4) is 0 Å². The van der Waals surface area contributed by atoms with Crippen LogP contribution in [0.1, 0.15) is 30.5 Å². The highest BCUT2D eigenvalue weighted by Gasteiger charge is 2.12. The van der Waals surface area contributed by atoms with Gasteiger partial charge in [-0.25, -0.2) is 0 Å². The summed E-state index contributed by atoms with van der Waals surface area (Å²) in [5.41, 5.74) is 9.48. The molecular weight excluding hydrogens is 236 g/mol. The zero-order valence-corrected chi connectivity index (χ0v) is 12.9. The van der Waals surface area contributed by atoms with Gasteiger partial charge < -0.3 is 15.8 Å². The molecule has 1 aromatic rings. The number of ether oxygens (including phenoxy) is 1. The normalized spacial score (nSPS) is 12.8. The number of hydrogen-bond donors (Lipinski definition) is 2. The molecule has 108 valence electrons. The lowest BCUT2D eigenvalue weighted by molar-refractivity contribution is 0.366. The van der Waals surface area contributed by atoms with Crippen LogP contribution in [0.4, 0.5) is 0 Å². The van der Waals surface area contributed by atoms with Gasteiger partial charge in [-0.2, -0.15) is 0 Å². The zero-order valence-electron chi connectivity index (χ0n) is 12.9. The Kier molecular flexibility index (Phi) is 6.32. The number of nitrogens with two attached hydrogens (primary N) is 1. The van der Waals surface area contributed by atoms with Crippen LogP contribution >= 0.6 is 0 Å². The topological polar surface area (TPSA) is 47.3 Å². The predicted octanol–water partition coefficient (Wildman–Crippen LogP) is 2.63. The van der Waals surface area contributed by atoms with Crippen molar-refractivity contribution in [1.29, 1.82) is 0 Å². The third-order valence-electron chi connectivity index (χ3n) is 3.67. The third-order valence-corrected chi connectivity index (χ3v) is 3.67. The van der Waals surface area contributed by atoms with Crippen molar-refractivity contribution in [3.05, 3.63) is 28.8 Å². The number of methoxy groups -OCH3 is 1. The van der Waals surface area contributed by atoms with E-state index in [1.165, 1.54) is 16.7 Å². The molecule has 3 heteroatoms. The van der Waals surface area contributed by atoms with Gasteiger partial charge in [-0.05, 0) is 44.3 Å². The molecule has 0 bridgehead atoms. The molecule has 0 fully saturated rings. The minimum Gasteiger partial charge on any atom is -0.496 e. The summed E-state index contributed by atoms with van der Waals surface area (Å²) in [5.74, 6) is 2.13. The summed E-state index contributed by atoms with van der Waals surface area (Å²) < 4.78 is 5.50. The summed E-state index contributed by atoms with van der Waals surface area (Å²) in [6.07, 6.45) is 0. The van der Waals surface area contributed by atoms with Gasteiger partial charge in [0.15, 0.2) is 0 Å². The van der Waals surface area contributed by atoms with E-state index in [2.05, 4.69) is 45.1 Å². The molecular formula is C16H28N2O. The Balaban J connectivity index is 2.67. The van der Waals surface area contributed by atoms with Gasteiger partial charge >= 0.3 is 0 Å². The zero-order chi connectivity index (χ0) is 14.4. The largest absolute Gasteiger partial charge is 0.496 e. The molecule has 0 aliphatic rings. The van der Waals surface area contributed by atoms with Crippen LogP contribution in [0.5, 0.6) is 5.75 Å². The third kappa shape index (κ3) is 4.51. The molecule has 0 heterocycles. The maximum atomic E-state index is 5.79. The summed E-state index contributed by atoms with van der Waals surface area (Å²) in [7, 11) is 1.73. The van der Waals surface area contributed by atoms with Crippen LogP contribution in [0, 0.1) is 25.7 Å². The van der Waals surface area contributed by atoms with E-state index in [1.807, 2.05) is 0 Å². The summed E-state index contributed by atoms with van der Waals surface area (Å²) in [5, 5.41) is 3.50. The highest BCUT2D eigenvalue weighted by atomic mass is 16.5. The highest BCUT2D eigenvalue weighted by molar-refractivity contribution is 5.43. The molecule has 1 aromatic carbocycles. The minimum absolute atomic E-state index is 0.525. The first-order chi connectivity index (χ1) is 8.99. The van der Waals surface area contributed by atoms with Crippen molar-refractivity contribution in [2.75, 3.05) is 20.2 Å². The maximum Gasteiger partial charge on any atom is 0.126 e. The molecule has 0 saturated heterocycles. The second-order valence-electron chi connectivity index (χ2n) is 5.64. The molecule has 1 atom stereocenters. The van der Waals surface area contributed by atoms with Gasteiger partial charge in [-0.1, -0.05) is 31.5 Å². The van der Waals surface area contributed by atoms with Crippen LogP contribution in [0.2, 0.25) is 0 Å². The average Bonchev–Trinajstić information content (AvgIpc) is 2.33. The molecule has 1 unspecified atom stereocenters. The van der Waals surface area contributed by atoms with E-state index in [1.54, 1.807) is 7.11 Å². The molecule has 0 aliphatic heterocycles. The number of nitrogens with one attached hydrogen (secondary N) is 1. The summed E-state index contributed by atoms with van der Waals surface area (Å²) >= 11 is 0. The highest BCUT2D eigenvalue weighted by Crippen LogP contribution is 2.25. The average molecular weight is 264 g/mol. The van der Waals surface area contributed by atoms with E-state index in [9.17, 15) is 0 Å². The fourth-order valence-electron chi connectivity index (χ4n) is 2.45. The Morgan fingerprint density at radius 3 is 2.47 bits per heavy atom. The monoisotopic (exact) mass is 264 g/mol. The molecule has 0 aromatic heterocycles. The maximum absolute atomic E-state index is 5.79. The Labute approximate surface area is 117 Å². The van der Waals surface area contributed by atoms with Gasteiger partial charge in [0.2, 0.25) is 0 Å². The van der Waals surface area contributed by atoms with E-state index < -0.39 is 0 Å². The van der Waals surface area contributed by atoms with Gasteiger partial charge in [0.25, 0.3) is 0 Å². The molecule has 0 spiro atoms. The Morgan fingerprint density at radius 1 is 1.26 bits per heavy atom. The lowest BCUT2D eigenvalue weighted by Gasteiger charge is -2.20. The molecule has 0 radical (unpaired) electrons. The molecule has 0 amide bonds. The molecule has 0 aliphatic carbocycles. The number of benzene rings is 1. The van der Waals surface area contributed by atoms with Crippen molar-refractivity contribution in [3.8, 4) is 5.75 Å². The molecule has 0 saturated carbocycles.